The van der Waals surface area contributed by atoms with Crippen molar-refractivity contribution in [2.45, 2.75) is 0 Å². The van der Waals surface area contributed by atoms with Crippen LogP contribution < -0.4 is 10.1 Å². The van der Waals surface area contributed by atoms with Crippen LogP contribution in [0.2, 0.25) is 10.0 Å². The van der Waals surface area contributed by atoms with Gasteiger partial charge in [-0.25, -0.2) is 4.79 Å². The van der Waals surface area contributed by atoms with E-state index in [1.165, 1.54) is 32.4 Å². The van der Waals surface area contributed by atoms with Gasteiger partial charge < -0.3 is 19.7 Å². The third-order valence-electron chi connectivity index (χ3n) is 3.64. The van der Waals surface area contributed by atoms with Crippen molar-refractivity contribution in [2.75, 3.05) is 32.6 Å². The summed E-state index contributed by atoms with van der Waals surface area (Å²) in [5, 5.41) is 3.15. The molecule has 7 nitrogen and oxygen atoms in total. The molecule has 0 spiro atoms. The summed E-state index contributed by atoms with van der Waals surface area (Å²) in [6.45, 7) is -0.740. The second kappa shape index (κ2) is 9.96. The minimum absolute atomic E-state index is 0.0947. The van der Waals surface area contributed by atoms with Gasteiger partial charge >= 0.3 is 5.97 Å². The third-order valence-corrected chi connectivity index (χ3v) is 4.19. The Morgan fingerprint density at radius 2 is 1.86 bits per heavy atom. The highest BCUT2D eigenvalue weighted by atomic mass is 35.5. The highest BCUT2D eigenvalue weighted by Crippen LogP contribution is 2.21. The first-order valence-electron chi connectivity index (χ1n) is 8.10. The van der Waals surface area contributed by atoms with E-state index >= 15 is 0 Å². The van der Waals surface area contributed by atoms with Crippen LogP contribution in [0.15, 0.2) is 42.5 Å². The standard InChI is InChI=1S/C19H18Cl2N2O5/c1-23(10-17(24)22-13-4-3-5-14(9-13)27-2)18(25)11-28-19(26)15-7-6-12(20)8-16(15)21/h3-9H,10-11H2,1-2H3,(H,22,24). The average Bonchev–Trinajstić information content (AvgIpc) is 2.65. The molecule has 0 radical (unpaired) electrons. The molecule has 2 amide bonds. The fourth-order valence-corrected chi connectivity index (χ4v) is 2.66. The zero-order valence-electron chi connectivity index (χ0n) is 15.2. The number of likely N-dealkylation sites (N-methyl/N-ethyl adjacent to an activating group) is 1. The summed E-state index contributed by atoms with van der Waals surface area (Å²) in [4.78, 5) is 37.3. The smallest absolute Gasteiger partial charge is 0.340 e. The van der Waals surface area contributed by atoms with E-state index in [0.29, 0.717) is 16.5 Å². The number of nitrogens with one attached hydrogen (secondary N) is 1. The van der Waals surface area contributed by atoms with Gasteiger partial charge in [0.05, 0.1) is 24.2 Å². The normalized spacial score (nSPS) is 10.1. The maximum atomic E-state index is 12.1. The number of carbonyl (C=O) groups is 3. The first-order valence-corrected chi connectivity index (χ1v) is 8.85. The van der Waals surface area contributed by atoms with E-state index in [1.54, 1.807) is 24.3 Å². The zero-order valence-corrected chi connectivity index (χ0v) is 16.7. The van der Waals surface area contributed by atoms with Gasteiger partial charge in [0.15, 0.2) is 6.61 Å². The highest BCUT2D eigenvalue weighted by molar-refractivity contribution is 6.36. The molecule has 0 aliphatic carbocycles. The molecule has 1 N–H and O–H groups in total. The Morgan fingerprint density at radius 3 is 2.54 bits per heavy atom. The molecule has 0 bridgehead atoms. The maximum absolute atomic E-state index is 12.1. The van der Waals surface area contributed by atoms with Crippen LogP contribution in [-0.4, -0.2) is 50.0 Å². The molecule has 0 saturated heterocycles. The molecule has 0 aliphatic rings. The van der Waals surface area contributed by atoms with Crippen LogP contribution >= 0.6 is 23.2 Å². The molecule has 2 rings (SSSR count). The topological polar surface area (TPSA) is 84.9 Å². The molecule has 9 heteroatoms. The zero-order chi connectivity index (χ0) is 20.7. The Hall–Kier alpha value is -2.77. The fourth-order valence-electron chi connectivity index (χ4n) is 2.18. The summed E-state index contributed by atoms with van der Waals surface area (Å²) in [7, 11) is 2.95. The van der Waals surface area contributed by atoms with Gasteiger partial charge in [-0.2, -0.15) is 0 Å². The van der Waals surface area contributed by atoms with Crippen molar-refractivity contribution in [1.82, 2.24) is 4.90 Å². The van der Waals surface area contributed by atoms with Gasteiger partial charge in [-0.05, 0) is 30.3 Å². The number of carbonyl (C=O) groups excluding carboxylic acids is 3. The summed E-state index contributed by atoms with van der Waals surface area (Å²) in [5.74, 6) is -1.12. The van der Waals surface area contributed by atoms with E-state index in [-0.39, 0.29) is 17.1 Å². The molecule has 28 heavy (non-hydrogen) atoms. The number of halogens is 2. The van der Waals surface area contributed by atoms with E-state index < -0.39 is 24.4 Å². The molecule has 0 saturated carbocycles. The van der Waals surface area contributed by atoms with E-state index in [0.717, 1.165) is 4.90 Å². The minimum atomic E-state index is -0.760. The minimum Gasteiger partial charge on any atom is -0.497 e. The molecule has 0 atom stereocenters. The quantitative estimate of drug-likeness (QED) is 0.689. The largest absolute Gasteiger partial charge is 0.497 e. The van der Waals surface area contributed by atoms with Crippen LogP contribution in [0.3, 0.4) is 0 Å². The molecule has 0 unspecified atom stereocenters. The number of esters is 1. The predicted molar refractivity (Wildman–Crippen MR) is 106 cm³/mol. The Labute approximate surface area is 172 Å². The molecule has 2 aromatic carbocycles. The number of nitrogens with zero attached hydrogens (tertiary/aromatic N) is 1. The molecule has 0 fully saturated rings. The summed E-state index contributed by atoms with van der Waals surface area (Å²) < 4.78 is 10.0. The summed E-state index contributed by atoms with van der Waals surface area (Å²) >= 11 is 11.7. The second-order valence-corrected chi connectivity index (χ2v) is 6.57. The molecule has 0 aromatic heterocycles. The van der Waals surface area contributed by atoms with Gasteiger partial charge in [-0.3, -0.25) is 9.59 Å². The monoisotopic (exact) mass is 424 g/mol. The second-order valence-electron chi connectivity index (χ2n) is 5.73. The molecule has 0 aliphatic heterocycles. The van der Waals surface area contributed by atoms with Gasteiger partial charge in [-0.15, -0.1) is 0 Å². The number of rotatable bonds is 7. The van der Waals surface area contributed by atoms with Gasteiger partial charge in [0.25, 0.3) is 5.91 Å². The number of ether oxygens (including phenoxy) is 2. The molecular weight excluding hydrogens is 407 g/mol. The fraction of sp³-hybridized carbons (Fsp3) is 0.211. The van der Waals surface area contributed by atoms with Crippen LogP contribution in [0.5, 0.6) is 5.75 Å². The molecule has 2 aromatic rings. The van der Waals surface area contributed by atoms with Crippen molar-refractivity contribution in [3.8, 4) is 5.75 Å². The Balaban J connectivity index is 1.84. The van der Waals surface area contributed by atoms with E-state index in [1.807, 2.05) is 0 Å². The third kappa shape index (κ3) is 6.14. The Kier molecular flexibility index (Phi) is 7.66. The SMILES string of the molecule is COc1cccc(NC(=O)CN(C)C(=O)COC(=O)c2ccc(Cl)cc2Cl)c1. The lowest BCUT2D eigenvalue weighted by Gasteiger charge is -2.17. The van der Waals surface area contributed by atoms with Crippen LogP contribution in [-0.2, 0) is 14.3 Å². The molecule has 0 heterocycles. The number of hydrogen-bond donors (Lipinski definition) is 1. The lowest BCUT2D eigenvalue weighted by atomic mass is 10.2. The number of methoxy groups -OCH3 is 1. The molecular formula is C19H18Cl2N2O5. The number of amides is 2. The van der Waals surface area contributed by atoms with Gasteiger partial charge in [0.2, 0.25) is 5.91 Å². The van der Waals surface area contributed by atoms with Gasteiger partial charge in [-0.1, -0.05) is 29.3 Å². The van der Waals surface area contributed by atoms with Crippen LogP contribution in [0.25, 0.3) is 0 Å². The van der Waals surface area contributed by atoms with Crippen molar-refractivity contribution in [3.05, 3.63) is 58.1 Å². The van der Waals surface area contributed by atoms with Crippen molar-refractivity contribution in [1.29, 1.82) is 0 Å². The number of benzene rings is 2. The van der Waals surface area contributed by atoms with E-state index in [4.69, 9.17) is 32.7 Å². The summed E-state index contributed by atoms with van der Waals surface area (Å²) in [6.07, 6.45) is 0. The van der Waals surface area contributed by atoms with E-state index in [2.05, 4.69) is 5.32 Å². The molecule has 148 valence electrons. The van der Waals surface area contributed by atoms with Gasteiger partial charge in [0.1, 0.15) is 5.75 Å². The lowest BCUT2D eigenvalue weighted by Crippen LogP contribution is -2.37. The van der Waals surface area contributed by atoms with Crippen LogP contribution in [0.1, 0.15) is 10.4 Å². The predicted octanol–water partition coefficient (Wildman–Crippen LogP) is 3.26. The van der Waals surface area contributed by atoms with Crippen molar-refractivity contribution in [3.63, 3.8) is 0 Å². The van der Waals surface area contributed by atoms with Crippen molar-refractivity contribution < 1.29 is 23.9 Å². The number of anilines is 1. The Morgan fingerprint density at radius 1 is 1.11 bits per heavy atom. The van der Waals surface area contributed by atoms with E-state index in [9.17, 15) is 14.4 Å². The van der Waals surface area contributed by atoms with Gasteiger partial charge in [0, 0.05) is 23.8 Å². The Bertz CT molecular complexity index is 888. The highest BCUT2D eigenvalue weighted by Gasteiger charge is 2.18. The van der Waals surface area contributed by atoms with Crippen molar-refractivity contribution in [2.24, 2.45) is 0 Å². The van der Waals surface area contributed by atoms with Crippen molar-refractivity contribution >= 4 is 46.7 Å². The van der Waals surface area contributed by atoms with Crippen LogP contribution in [0.4, 0.5) is 5.69 Å². The summed E-state index contributed by atoms with van der Waals surface area (Å²) in [6, 6.07) is 11.1. The first-order chi connectivity index (χ1) is 13.3. The van der Waals surface area contributed by atoms with Crippen LogP contribution in [0, 0.1) is 0 Å². The average molecular weight is 425 g/mol. The number of hydrogen-bond acceptors (Lipinski definition) is 5. The lowest BCUT2D eigenvalue weighted by molar-refractivity contribution is -0.136. The first kappa shape index (κ1) is 21.5. The summed E-state index contributed by atoms with van der Waals surface area (Å²) in [5.41, 5.74) is 0.631. The maximum Gasteiger partial charge on any atom is 0.340 e.